The topological polar surface area (TPSA) is 73.2 Å². The molecule has 3 N–H and O–H groups in total. The highest BCUT2D eigenvalue weighted by Gasteiger charge is 2.03. The number of rotatable bonds is 6. The lowest BCUT2D eigenvalue weighted by Crippen LogP contribution is -2.07. The number of nitrogens with zero attached hydrogens (tertiary/aromatic N) is 1. The number of H-pyrrole nitrogens is 1. The Kier molecular flexibility index (Phi) is 3.82. The molecule has 0 saturated carbocycles. The molecule has 1 aromatic carbocycles. The molecule has 92 valence electrons. The summed E-state index contributed by atoms with van der Waals surface area (Å²) < 4.78 is 10.8. The van der Waals surface area contributed by atoms with Gasteiger partial charge in [0.1, 0.15) is 6.61 Å². The SMILES string of the molecule is CCCOCCOc1nc2ccc(N)cc2[nH]1. The fraction of sp³-hybridized carbons (Fsp3) is 0.417. The Hall–Kier alpha value is -1.75. The average molecular weight is 235 g/mol. The lowest BCUT2D eigenvalue weighted by atomic mass is 10.3. The molecule has 17 heavy (non-hydrogen) atoms. The summed E-state index contributed by atoms with van der Waals surface area (Å²) in [6, 6.07) is 6.02. The zero-order valence-corrected chi connectivity index (χ0v) is 9.90. The van der Waals surface area contributed by atoms with Gasteiger partial charge in [0.15, 0.2) is 0 Å². The summed E-state index contributed by atoms with van der Waals surface area (Å²) >= 11 is 0. The van der Waals surface area contributed by atoms with Crippen molar-refractivity contribution in [2.45, 2.75) is 13.3 Å². The number of hydrogen-bond donors (Lipinski definition) is 2. The number of benzene rings is 1. The molecule has 0 fully saturated rings. The fourth-order valence-corrected chi connectivity index (χ4v) is 1.52. The molecule has 0 aliphatic carbocycles. The number of nitrogens with one attached hydrogen (secondary N) is 1. The van der Waals surface area contributed by atoms with Gasteiger partial charge in [0.2, 0.25) is 0 Å². The zero-order valence-electron chi connectivity index (χ0n) is 9.90. The highest BCUT2D eigenvalue weighted by Crippen LogP contribution is 2.18. The van der Waals surface area contributed by atoms with Crippen LogP contribution in [0.15, 0.2) is 18.2 Å². The van der Waals surface area contributed by atoms with Crippen LogP contribution in [0, 0.1) is 0 Å². The van der Waals surface area contributed by atoms with E-state index in [0.29, 0.717) is 24.9 Å². The molecule has 1 heterocycles. The quantitative estimate of drug-likeness (QED) is 0.593. The predicted molar refractivity (Wildman–Crippen MR) is 67.1 cm³/mol. The second-order valence-electron chi connectivity index (χ2n) is 3.78. The van der Waals surface area contributed by atoms with Gasteiger partial charge in [0.05, 0.1) is 17.6 Å². The van der Waals surface area contributed by atoms with Crippen LogP contribution in [-0.2, 0) is 4.74 Å². The van der Waals surface area contributed by atoms with Crippen molar-refractivity contribution in [2.75, 3.05) is 25.6 Å². The van der Waals surface area contributed by atoms with Crippen molar-refractivity contribution >= 4 is 16.7 Å². The first kappa shape index (κ1) is 11.7. The van der Waals surface area contributed by atoms with E-state index in [9.17, 15) is 0 Å². The van der Waals surface area contributed by atoms with E-state index < -0.39 is 0 Å². The fourth-order valence-electron chi connectivity index (χ4n) is 1.52. The molecule has 2 rings (SSSR count). The average Bonchev–Trinajstić information content (AvgIpc) is 2.70. The summed E-state index contributed by atoms with van der Waals surface area (Å²) in [4.78, 5) is 7.34. The van der Waals surface area contributed by atoms with Crippen LogP contribution in [0.1, 0.15) is 13.3 Å². The third kappa shape index (κ3) is 3.10. The summed E-state index contributed by atoms with van der Waals surface area (Å²) in [6.45, 7) is 3.91. The van der Waals surface area contributed by atoms with Gasteiger partial charge in [-0.1, -0.05) is 6.92 Å². The van der Waals surface area contributed by atoms with Gasteiger partial charge < -0.3 is 20.2 Å². The van der Waals surface area contributed by atoms with Gasteiger partial charge in [-0.15, -0.1) is 0 Å². The van der Waals surface area contributed by atoms with Crippen LogP contribution in [0.5, 0.6) is 6.01 Å². The number of aromatic amines is 1. The molecule has 0 saturated heterocycles. The lowest BCUT2D eigenvalue weighted by molar-refractivity contribution is 0.0977. The molecule has 0 bridgehead atoms. The van der Waals surface area contributed by atoms with Crippen LogP contribution in [0.4, 0.5) is 5.69 Å². The molecule has 0 atom stereocenters. The first-order chi connectivity index (χ1) is 8.29. The van der Waals surface area contributed by atoms with Gasteiger partial charge in [0.25, 0.3) is 6.01 Å². The van der Waals surface area contributed by atoms with E-state index >= 15 is 0 Å². The minimum Gasteiger partial charge on any atom is -0.462 e. The van der Waals surface area contributed by atoms with Crippen molar-refractivity contribution in [2.24, 2.45) is 0 Å². The number of nitrogens with two attached hydrogens (primary N) is 1. The number of aromatic nitrogens is 2. The van der Waals surface area contributed by atoms with E-state index in [-0.39, 0.29) is 0 Å². The number of nitrogen functional groups attached to an aromatic ring is 1. The van der Waals surface area contributed by atoms with Gasteiger partial charge in [-0.05, 0) is 24.6 Å². The Labute approximate surface area is 99.9 Å². The predicted octanol–water partition coefficient (Wildman–Crippen LogP) is 1.95. The number of fused-ring (bicyclic) bond motifs is 1. The molecule has 5 nitrogen and oxygen atoms in total. The zero-order chi connectivity index (χ0) is 12.1. The summed E-state index contributed by atoms with van der Waals surface area (Å²) in [5.74, 6) is 0. The van der Waals surface area contributed by atoms with Crippen LogP contribution in [0.2, 0.25) is 0 Å². The van der Waals surface area contributed by atoms with Crippen molar-refractivity contribution in [1.29, 1.82) is 0 Å². The van der Waals surface area contributed by atoms with Crippen molar-refractivity contribution in [3.63, 3.8) is 0 Å². The number of anilines is 1. The van der Waals surface area contributed by atoms with E-state index in [0.717, 1.165) is 24.1 Å². The largest absolute Gasteiger partial charge is 0.462 e. The van der Waals surface area contributed by atoms with Gasteiger partial charge in [-0.2, -0.15) is 4.98 Å². The van der Waals surface area contributed by atoms with Crippen molar-refractivity contribution in [3.8, 4) is 6.01 Å². The third-order valence-electron chi connectivity index (χ3n) is 2.30. The molecular formula is C12H17N3O2. The highest BCUT2D eigenvalue weighted by molar-refractivity contribution is 5.79. The second kappa shape index (κ2) is 5.54. The number of hydrogen-bond acceptors (Lipinski definition) is 4. The molecule has 0 unspecified atom stereocenters. The summed E-state index contributed by atoms with van der Waals surface area (Å²) in [5, 5.41) is 0. The monoisotopic (exact) mass is 235 g/mol. The molecular weight excluding hydrogens is 218 g/mol. The van der Waals surface area contributed by atoms with Crippen LogP contribution in [0.25, 0.3) is 11.0 Å². The summed E-state index contributed by atoms with van der Waals surface area (Å²) in [6.07, 6.45) is 1.02. The van der Waals surface area contributed by atoms with Gasteiger partial charge in [-0.3, -0.25) is 0 Å². The molecule has 0 radical (unpaired) electrons. The van der Waals surface area contributed by atoms with E-state index in [4.69, 9.17) is 15.2 Å². The first-order valence-electron chi connectivity index (χ1n) is 5.75. The number of imidazole rings is 1. The lowest BCUT2D eigenvalue weighted by Gasteiger charge is -2.02. The molecule has 0 amide bonds. The van der Waals surface area contributed by atoms with Gasteiger partial charge in [0, 0.05) is 12.3 Å². The highest BCUT2D eigenvalue weighted by atomic mass is 16.5. The molecule has 0 aliphatic rings. The Morgan fingerprint density at radius 3 is 3.00 bits per heavy atom. The van der Waals surface area contributed by atoms with Gasteiger partial charge in [-0.25, -0.2) is 0 Å². The van der Waals surface area contributed by atoms with Crippen molar-refractivity contribution in [1.82, 2.24) is 9.97 Å². The van der Waals surface area contributed by atoms with Crippen LogP contribution in [-0.4, -0.2) is 29.8 Å². The maximum absolute atomic E-state index is 5.68. The molecule has 5 heteroatoms. The molecule has 1 aromatic heterocycles. The minimum absolute atomic E-state index is 0.495. The van der Waals surface area contributed by atoms with Crippen molar-refractivity contribution in [3.05, 3.63) is 18.2 Å². The molecule has 0 spiro atoms. The van der Waals surface area contributed by atoms with Crippen LogP contribution < -0.4 is 10.5 Å². The Morgan fingerprint density at radius 1 is 1.29 bits per heavy atom. The van der Waals surface area contributed by atoms with E-state index in [1.165, 1.54) is 0 Å². The smallest absolute Gasteiger partial charge is 0.294 e. The minimum atomic E-state index is 0.495. The molecule has 2 aromatic rings. The normalized spacial score (nSPS) is 10.9. The number of ether oxygens (including phenoxy) is 2. The maximum atomic E-state index is 5.68. The van der Waals surface area contributed by atoms with E-state index in [1.54, 1.807) is 0 Å². The molecule has 0 aliphatic heterocycles. The maximum Gasteiger partial charge on any atom is 0.294 e. The first-order valence-corrected chi connectivity index (χ1v) is 5.75. The Balaban J connectivity index is 1.91. The Bertz CT molecular complexity index is 482. The Morgan fingerprint density at radius 2 is 2.18 bits per heavy atom. The summed E-state index contributed by atoms with van der Waals surface area (Å²) in [5.41, 5.74) is 8.12. The third-order valence-corrected chi connectivity index (χ3v) is 2.30. The van der Waals surface area contributed by atoms with Crippen LogP contribution >= 0.6 is 0 Å². The van der Waals surface area contributed by atoms with Crippen molar-refractivity contribution < 1.29 is 9.47 Å². The standard InChI is InChI=1S/C12H17N3O2/c1-2-5-16-6-7-17-12-14-10-4-3-9(13)8-11(10)15-12/h3-4,8H,2,5-7,13H2,1H3,(H,14,15). The summed E-state index contributed by atoms with van der Waals surface area (Å²) in [7, 11) is 0. The van der Waals surface area contributed by atoms with Crippen LogP contribution in [0.3, 0.4) is 0 Å². The van der Waals surface area contributed by atoms with E-state index in [1.807, 2.05) is 18.2 Å². The van der Waals surface area contributed by atoms with Gasteiger partial charge >= 0.3 is 0 Å². The van der Waals surface area contributed by atoms with E-state index in [2.05, 4.69) is 16.9 Å². The second-order valence-corrected chi connectivity index (χ2v) is 3.78.